The molecule has 1 aromatic heterocycles. The quantitative estimate of drug-likeness (QED) is 0.773. The molecule has 0 radical (unpaired) electrons. The molecule has 6 heteroatoms. The number of nitrogens with zero attached hydrogens (tertiary/aromatic N) is 2. The summed E-state index contributed by atoms with van der Waals surface area (Å²) in [6.07, 6.45) is 8.88. The van der Waals surface area contributed by atoms with Crippen LogP contribution in [0.3, 0.4) is 0 Å². The lowest BCUT2D eigenvalue weighted by Crippen LogP contribution is -2.44. The van der Waals surface area contributed by atoms with Crippen LogP contribution in [0.2, 0.25) is 0 Å². The highest BCUT2D eigenvalue weighted by molar-refractivity contribution is 5.89. The summed E-state index contributed by atoms with van der Waals surface area (Å²) in [6, 6.07) is 12.0. The number of hydrogen-bond acceptors (Lipinski definition) is 4. The zero-order valence-corrected chi connectivity index (χ0v) is 16.8. The second-order valence-electron chi connectivity index (χ2n) is 7.83. The Hall–Kier alpha value is -2.44. The number of pyridine rings is 1. The van der Waals surface area contributed by atoms with E-state index in [1.165, 1.54) is 11.1 Å². The molecule has 2 saturated heterocycles. The van der Waals surface area contributed by atoms with Gasteiger partial charge in [0, 0.05) is 44.4 Å². The summed E-state index contributed by atoms with van der Waals surface area (Å²) < 4.78 is 11.5. The predicted octanol–water partition coefficient (Wildman–Crippen LogP) is 3.86. The highest BCUT2D eigenvalue weighted by Crippen LogP contribution is 2.19. The van der Waals surface area contributed by atoms with Crippen LogP contribution in [0, 0.1) is 0 Å². The van der Waals surface area contributed by atoms with Crippen LogP contribution in [0.1, 0.15) is 36.8 Å². The molecule has 2 atom stereocenters. The van der Waals surface area contributed by atoms with Gasteiger partial charge in [-0.25, -0.2) is 4.79 Å². The third kappa shape index (κ3) is 5.78. The summed E-state index contributed by atoms with van der Waals surface area (Å²) in [5, 5.41) is 3.05. The molecule has 2 aromatic rings. The molecule has 0 aliphatic carbocycles. The minimum atomic E-state index is -0.0853. The maximum absolute atomic E-state index is 13.0. The van der Waals surface area contributed by atoms with Crippen LogP contribution in [0.25, 0.3) is 0 Å². The summed E-state index contributed by atoms with van der Waals surface area (Å²) in [5.41, 5.74) is 3.22. The number of anilines is 1. The zero-order chi connectivity index (χ0) is 19.9. The summed E-state index contributed by atoms with van der Waals surface area (Å²) >= 11 is 0. The Morgan fingerprint density at radius 3 is 2.07 bits per heavy atom. The molecule has 2 amide bonds. The summed E-state index contributed by atoms with van der Waals surface area (Å²) in [7, 11) is 0. The van der Waals surface area contributed by atoms with Crippen LogP contribution in [0.15, 0.2) is 48.8 Å². The van der Waals surface area contributed by atoms with Gasteiger partial charge in [-0.15, -0.1) is 0 Å². The van der Waals surface area contributed by atoms with Gasteiger partial charge >= 0.3 is 6.03 Å². The summed E-state index contributed by atoms with van der Waals surface area (Å²) in [5.74, 6) is 0. The smallest absolute Gasteiger partial charge is 0.322 e. The summed E-state index contributed by atoms with van der Waals surface area (Å²) in [6.45, 7) is 2.82. The monoisotopic (exact) mass is 395 g/mol. The molecule has 154 valence electrons. The maximum atomic E-state index is 13.0. The lowest BCUT2D eigenvalue weighted by Gasteiger charge is -2.28. The number of amides is 2. The average molecular weight is 396 g/mol. The largest absolute Gasteiger partial charge is 0.376 e. The van der Waals surface area contributed by atoms with Crippen LogP contribution in [0.4, 0.5) is 10.5 Å². The molecule has 29 heavy (non-hydrogen) atoms. The second-order valence-corrected chi connectivity index (χ2v) is 7.83. The van der Waals surface area contributed by atoms with Crippen molar-refractivity contribution < 1.29 is 14.3 Å². The van der Waals surface area contributed by atoms with Gasteiger partial charge in [-0.05, 0) is 67.5 Å². The molecule has 0 unspecified atom stereocenters. The van der Waals surface area contributed by atoms with Crippen LogP contribution >= 0.6 is 0 Å². The maximum Gasteiger partial charge on any atom is 0.322 e. The van der Waals surface area contributed by atoms with Crippen molar-refractivity contribution in [3.8, 4) is 0 Å². The fraction of sp³-hybridized carbons (Fsp3) is 0.478. The van der Waals surface area contributed by atoms with E-state index in [-0.39, 0.29) is 18.2 Å². The van der Waals surface area contributed by atoms with Crippen LogP contribution in [-0.2, 0) is 15.9 Å². The molecule has 0 spiro atoms. The third-order valence-electron chi connectivity index (χ3n) is 5.55. The molecule has 6 nitrogen and oxygen atoms in total. The Morgan fingerprint density at radius 1 is 0.931 bits per heavy atom. The van der Waals surface area contributed by atoms with E-state index in [1.54, 1.807) is 12.4 Å². The van der Waals surface area contributed by atoms with Crippen LogP contribution < -0.4 is 5.32 Å². The molecule has 2 fully saturated rings. The van der Waals surface area contributed by atoms with Crippen molar-refractivity contribution in [1.29, 1.82) is 0 Å². The van der Waals surface area contributed by atoms with Crippen molar-refractivity contribution in [1.82, 2.24) is 9.88 Å². The first-order valence-corrected chi connectivity index (χ1v) is 10.5. The Labute approximate surface area is 172 Å². The zero-order valence-electron chi connectivity index (χ0n) is 16.8. The van der Waals surface area contributed by atoms with Crippen LogP contribution in [-0.4, -0.2) is 54.4 Å². The molecule has 0 saturated carbocycles. The van der Waals surface area contributed by atoms with E-state index in [2.05, 4.69) is 22.4 Å². The number of hydrogen-bond donors (Lipinski definition) is 1. The van der Waals surface area contributed by atoms with Crippen molar-refractivity contribution in [2.24, 2.45) is 0 Å². The molecule has 1 N–H and O–H groups in total. The Bertz CT molecular complexity index is 752. The van der Waals surface area contributed by atoms with E-state index >= 15 is 0 Å². The molecule has 2 aliphatic heterocycles. The third-order valence-corrected chi connectivity index (χ3v) is 5.55. The van der Waals surface area contributed by atoms with Crippen molar-refractivity contribution in [3.63, 3.8) is 0 Å². The second kappa shape index (κ2) is 9.85. The average Bonchev–Trinajstić information content (AvgIpc) is 3.44. The van der Waals surface area contributed by atoms with Gasteiger partial charge in [-0.3, -0.25) is 4.98 Å². The molecule has 1 aromatic carbocycles. The minimum absolute atomic E-state index is 0.0853. The van der Waals surface area contributed by atoms with Crippen molar-refractivity contribution in [2.45, 2.75) is 44.3 Å². The molecular weight excluding hydrogens is 366 g/mol. The van der Waals surface area contributed by atoms with E-state index in [9.17, 15) is 4.79 Å². The fourth-order valence-electron chi connectivity index (χ4n) is 3.95. The number of nitrogens with one attached hydrogen (secondary N) is 1. The number of urea groups is 1. The van der Waals surface area contributed by atoms with Crippen molar-refractivity contribution in [3.05, 3.63) is 59.9 Å². The Kier molecular flexibility index (Phi) is 6.75. The Balaban J connectivity index is 1.36. The number of carbonyl (C=O) groups excluding carboxylic acids is 1. The van der Waals surface area contributed by atoms with Crippen LogP contribution in [0.5, 0.6) is 0 Å². The molecule has 4 rings (SSSR count). The van der Waals surface area contributed by atoms with Gasteiger partial charge in [0.1, 0.15) is 0 Å². The van der Waals surface area contributed by atoms with Gasteiger partial charge < -0.3 is 19.7 Å². The SMILES string of the molecule is O=C(Nc1ccc(Cc2ccncc2)cc1)N(C[C@@H]1CCCO1)C[C@@H]1CCCO1. The molecule has 2 aliphatic rings. The molecule has 3 heterocycles. The van der Waals surface area contributed by atoms with Gasteiger partial charge in [0.25, 0.3) is 0 Å². The lowest BCUT2D eigenvalue weighted by atomic mass is 10.1. The lowest BCUT2D eigenvalue weighted by molar-refractivity contribution is 0.0524. The van der Waals surface area contributed by atoms with Crippen molar-refractivity contribution in [2.75, 3.05) is 31.6 Å². The van der Waals surface area contributed by atoms with E-state index in [4.69, 9.17) is 9.47 Å². The highest BCUT2D eigenvalue weighted by atomic mass is 16.5. The van der Waals surface area contributed by atoms with Gasteiger partial charge in [0.2, 0.25) is 0 Å². The number of rotatable bonds is 7. The van der Waals surface area contributed by atoms with Gasteiger partial charge in [0.05, 0.1) is 12.2 Å². The standard InChI is InChI=1S/C23H29N3O3/c27-23(26(16-21-3-1-13-28-21)17-22-4-2-14-29-22)25-20-7-5-18(6-8-20)15-19-9-11-24-12-10-19/h5-12,21-22H,1-4,13-17H2,(H,25,27)/t21-,22-/m0/s1. The first kappa shape index (κ1) is 19.9. The summed E-state index contributed by atoms with van der Waals surface area (Å²) in [4.78, 5) is 18.9. The van der Waals surface area contributed by atoms with E-state index in [1.807, 2.05) is 29.2 Å². The number of ether oxygens (including phenoxy) is 2. The van der Waals surface area contributed by atoms with Gasteiger partial charge in [-0.2, -0.15) is 0 Å². The topological polar surface area (TPSA) is 63.7 Å². The predicted molar refractivity (Wildman–Crippen MR) is 112 cm³/mol. The number of aromatic nitrogens is 1. The molecule has 0 bridgehead atoms. The normalized spacial score (nSPS) is 21.2. The first-order valence-electron chi connectivity index (χ1n) is 10.5. The highest BCUT2D eigenvalue weighted by Gasteiger charge is 2.27. The first-order chi connectivity index (χ1) is 14.3. The molecular formula is C23H29N3O3. The van der Waals surface area contributed by atoms with Gasteiger partial charge in [0.15, 0.2) is 0 Å². The van der Waals surface area contributed by atoms with Crippen molar-refractivity contribution >= 4 is 11.7 Å². The minimum Gasteiger partial charge on any atom is -0.376 e. The van der Waals surface area contributed by atoms with E-state index in [0.29, 0.717) is 13.1 Å². The number of carbonyl (C=O) groups is 1. The van der Waals surface area contributed by atoms with E-state index < -0.39 is 0 Å². The van der Waals surface area contributed by atoms with E-state index in [0.717, 1.165) is 51.0 Å². The Morgan fingerprint density at radius 2 is 1.52 bits per heavy atom. The number of benzene rings is 1. The fourth-order valence-corrected chi connectivity index (χ4v) is 3.95. The van der Waals surface area contributed by atoms with Gasteiger partial charge in [-0.1, -0.05) is 12.1 Å².